The van der Waals surface area contributed by atoms with Crippen molar-refractivity contribution in [3.63, 3.8) is 0 Å². The average molecular weight is 359 g/mol. The zero-order valence-corrected chi connectivity index (χ0v) is 14.3. The fourth-order valence-electron chi connectivity index (χ4n) is 2.89. The number of hydrogen-bond acceptors (Lipinski definition) is 5. The summed E-state index contributed by atoms with van der Waals surface area (Å²) in [5.74, 6) is -0.259. The van der Waals surface area contributed by atoms with Gasteiger partial charge in [-0.15, -0.1) is 11.3 Å². The molecule has 7 heteroatoms. The van der Waals surface area contributed by atoms with E-state index in [0.717, 1.165) is 22.4 Å². The van der Waals surface area contributed by atoms with Crippen LogP contribution in [0.3, 0.4) is 0 Å². The summed E-state index contributed by atoms with van der Waals surface area (Å²) >= 11 is 1.68. The molecule has 0 radical (unpaired) electrons. The largest absolute Gasteiger partial charge is 0.346 e. The average Bonchev–Trinajstić information content (AvgIpc) is 3.36. The van der Waals surface area contributed by atoms with Crippen molar-refractivity contribution < 1.29 is 13.9 Å². The molecule has 3 aromatic rings. The van der Waals surface area contributed by atoms with Crippen molar-refractivity contribution in [2.45, 2.75) is 19.4 Å². The van der Waals surface area contributed by atoms with Gasteiger partial charge in [-0.25, -0.2) is 4.39 Å². The molecule has 130 valence electrons. The van der Waals surface area contributed by atoms with Gasteiger partial charge in [0.2, 0.25) is 0 Å². The molecule has 0 aliphatic carbocycles. The summed E-state index contributed by atoms with van der Waals surface area (Å²) in [5.41, 5.74) is 3.71. The number of aromatic amines is 1. The van der Waals surface area contributed by atoms with Gasteiger partial charge in [0.15, 0.2) is 6.29 Å². The lowest BCUT2D eigenvalue weighted by Gasteiger charge is -2.11. The summed E-state index contributed by atoms with van der Waals surface area (Å²) in [5, 5.41) is 12.5. The number of thiophene rings is 1. The molecule has 0 amide bonds. The van der Waals surface area contributed by atoms with E-state index in [0.29, 0.717) is 26.3 Å². The smallest absolute Gasteiger partial charge is 0.185 e. The van der Waals surface area contributed by atoms with Gasteiger partial charge in [-0.3, -0.25) is 5.10 Å². The molecule has 2 aromatic heterocycles. The van der Waals surface area contributed by atoms with Crippen LogP contribution in [0, 0.1) is 5.82 Å². The highest BCUT2D eigenvalue weighted by molar-refractivity contribution is 7.10. The molecule has 1 aromatic carbocycles. The van der Waals surface area contributed by atoms with Crippen molar-refractivity contribution in [1.82, 2.24) is 15.5 Å². The summed E-state index contributed by atoms with van der Waals surface area (Å²) in [4.78, 5) is 1.20. The number of aromatic nitrogens is 2. The maximum absolute atomic E-state index is 13.4. The topological polar surface area (TPSA) is 59.2 Å². The molecule has 1 saturated heterocycles. The zero-order chi connectivity index (χ0) is 17.1. The summed E-state index contributed by atoms with van der Waals surface area (Å²) in [7, 11) is 0. The second kappa shape index (κ2) is 7.45. The molecular formula is C18H18FN3O2S. The SMILES string of the molecule is Fc1cccc(-c2[nH]ncc2CNCc2sccc2C2OCCO2)c1. The molecule has 0 atom stereocenters. The van der Waals surface area contributed by atoms with Gasteiger partial charge in [0.1, 0.15) is 5.82 Å². The van der Waals surface area contributed by atoms with Gasteiger partial charge in [-0.2, -0.15) is 5.10 Å². The van der Waals surface area contributed by atoms with Crippen molar-refractivity contribution in [3.8, 4) is 11.3 Å². The van der Waals surface area contributed by atoms with Crippen LogP contribution in [0.5, 0.6) is 0 Å². The lowest BCUT2D eigenvalue weighted by atomic mass is 10.1. The third-order valence-electron chi connectivity index (χ3n) is 4.09. The molecule has 5 nitrogen and oxygen atoms in total. The van der Waals surface area contributed by atoms with Crippen LogP contribution in [-0.2, 0) is 22.6 Å². The standard InChI is InChI=1S/C18H18FN3O2S/c19-14-3-1-2-12(8-14)17-13(10-21-22-17)9-20-11-16-15(4-7-25-16)18-23-5-6-24-18/h1-4,7-8,10,18,20H,5-6,9,11H2,(H,21,22). The van der Waals surface area contributed by atoms with Crippen LogP contribution in [0.25, 0.3) is 11.3 Å². The fraction of sp³-hybridized carbons (Fsp3) is 0.278. The zero-order valence-electron chi connectivity index (χ0n) is 13.5. The third-order valence-corrected chi connectivity index (χ3v) is 5.02. The van der Waals surface area contributed by atoms with E-state index in [1.807, 2.05) is 17.5 Å². The Kier molecular flexibility index (Phi) is 4.89. The molecule has 1 fully saturated rings. The van der Waals surface area contributed by atoms with Crippen LogP contribution in [0.4, 0.5) is 4.39 Å². The van der Waals surface area contributed by atoms with E-state index in [-0.39, 0.29) is 12.1 Å². The van der Waals surface area contributed by atoms with Gasteiger partial charge >= 0.3 is 0 Å². The number of hydrogen-bond donors (Lipinski definition) is 2. The number of halogens is 1. The minimum atomic E-state index is -0.259. The first-order chi connectivity index (χ1) is 12.3. The summed E-state index contributed by atoms with van der Waals surface area (Å²) in [6.07, 6.45) is 1.52. The summed E-state index contributed by atoms with van der Waals surface area (Å²) in [6.45, 7) is 2.62. The van der Waals surface area contributed by atoms with Crippen LogP contribution in [0.15, 0.2) is 41.9 Å². The highest BCUT2D eigenvalue weighted by Gasteiger charge is 2.22. The Bertz CT molecular complexity index is 842. The van der Waals surface area contributed by atoms with E-state index in [9.17, 15) is 4.39 Å². The highest BCUT2D eigenvalue weighted by atomic mass is 32.1. The first-order valence-electron chi connectivity index (χ1n) is 8.09. The first-order valence-corrected chi connectivity index (χ1v) is 8.97. The van der Waals surface area contributed by atoms with Gasteiger partial charge < -0.3 is 14.8 Å². The molecule has 1 aliphatic rings. The van der Waals surface area contributed by atoms with Crippen LogP contribution in [-0.4, -0.2) is 23.4 Å². The first kappa shape index (κ1) is 16.4. The number of H-pyrrole nitrogens is 1. The third kappa shape index (κ3) is 3.64. The fourth-order valence-corrected chi connectivity index (χ4v) is 3.76. The molecule has 1 aliphatic heterocycles. The maximum Gasteiger partial charge on any atom is 0.185 e. The van der Waals surface area contributed by atoms with Crippen molar-refractivity contribution in [2.24, 2.45) is 0 Å². The molecule has 0 saturated carbocycles. The molecule has 0 spiro atoms. The maximum atomic E-state index is 13.4. The number of benzene rings is 1. The van der Waals surface area contributed by atoms with Crippen LogP contribution in [0.1, 0.15) is 22.3 Å². The molecule has 0 unspecified atom stereocenters. The lowest BCUT2D eigenvalue weighted by molar-refractivity contribution is -0.0444. The number of nitrogens with zero attached hydrogens (tertiary/aromatic N) is 1. The van der Waals surface area contributed by atoms with Crippen molar-refractivity contribution in [3.05, 3.63) is 63.7 Å². The van der Waals surface area contributed by atoms with Crippen LogP contribution in [0.2, 0.25) is 0 Å². The summed E-state index contributed by atoms with van der Waals surface area (Å²) < 4.78 is 24.6. The Morgan fingerprint density at radius 3 is 2.96 bits per heavy atom. The Morgan fingerprint density at radius 1 is 1.24 bits per heavy atom. The Hall–Kier alpha value is -2.06. The van der Waals surface area contributed by atoms with Crippen LogP contribution < -0.4 is 5.32 Å². The Labute approximate surface area is 148 Å². The van der Waals surface area contributed by atoms with E-state index in [4.69, 9.17) is 9.47 Å². The van der Waals surface area contributed by atoms with E-state index >= 15 is 0 Å². The number of nitrogens with one attached hydrogen (secondary N) is 2. The predicted octanol–water partition coefficient (Wildman–Crippen LogP) is 3.61. The van der Waals surface area contributed by atoms with Gasteiger partial charge in [-0.1, -0.05) is 12.1 Å². The second-order valence-corrected chi connectivity index (χ2v) is 6.76. The summed E-state index contributed by atoms with van der Waals surface area (Å²) in [6, 6.07) is 8.55. The number of ether oxygens (including phenoxy) is 2. The normalized spacial score (nSPS) is 15.1. The molecule has 0 bridgehead atoms. The molecular weight excluding hydrogens is 341 g/mol. The molecule has 2 N–H and O–H groups in total. The van der Waals surface area contributed by atoms with E-state index < -0.39 is 0 Å². The van der Waals surface area contributed by atoms with Crippen molar-refractivity contribution >= 4 is 11.3 Å². The van der Waals surface area contributed by atoms with Crippen molar-refractivity contribution in [1.29, 1.82) is 0 Å². The Balaban J connectivity index is 1.42. The molecule has 3 heterocycles. The minimum Gasteiger partial charge on any atom is -0.346 e. The van der Waals surface area contributed by atoms with E-state index in [2.05, 4.69) is 15.5 Å². The molecule has 25 heavy (non-hydrogen) atoms. The second-order valence-electron chi connectivity index (χ2n) is 5.76. The lowest BCUT2D eigenvalue weighted by Crippen LogP contribution is -2.14. The number of rotatable bonds is 6. The van der Waals surface area contributed by atoms with E-state index in [1.54, 1.807) is 23.6 Å². The van der Waals surface area contributed by atoms with Gasteiger partial charge in [0, 0.05) is 34.7 Å². The molecule has 4 rings (SSSR count). The van der Waals surface area contributed by atoms with Gasteiger partial charge in [0.05, 0.1) is 25.1 Å². The minimum absolute atomic E-state index is 0.250. The predicted molar refractivity (Wildman–Crippen MR) is 93.5 cm³/mol. The van der Waals surface area contributed by atoms with Gasteiger partial charge in [-0.05, 0) is 23.6 Å². The van der Waals surface area contributed by atoms with E-state index in [1.165, 1.54) is 17.0 Å². The quantitative estimate of drug-likeness (QED) is 0.706. The van der Waals surface area contributed by atoms with Crippen LogP contribution >= 0.6 is 11.3 Å². The van der Waals surface area contributed by atoms with Gasteiger partial charge in [0.25, 0.3) is 0 Å². The Morgan fingerprint density at radius 2 is 2.12 bits per heavy atom. The monoisotopic (exact) mass is 359 g/mol. The van der Waals surface area contributed by atoms with Crippen molar-refractivity contribution in [2.75, 3.05) is 13.2 Å². The highest BCUT2D eigenvalue weighted by Crippen LogP contribution is 2.30.